The van der Waals surface area contributed by atoms with Crippen molar-refractivity contribution in [1.82, 2.24) is 4.90 Å². The summed E-state index contributed by atoms with van der Waals surface area (Å²) in [5, 5.41) is 9.50. The average Bonchev–Trinajstić information content (AvgIpc) is 2.39. The lowest BCUT2D eigenvalue weighted by atomic mass is 10.2. The van der Waals surface area contributed by atoms with Gasteiger partial charge < -0.3 is 14.7 Å². The molecule has 0 fully saturated rings. The summed E-state index contributed by atoms with van der Waals surface area (Å²) < 4.78 is 5.22. The fourth-order valence-electron chi connectivity index (χ4n) is 1.76. The highest BCUT2D eigenvalue weighted by molar-refractivity contribution is 6.30. The van der Waals surface area contributed by atoms with Gasteiger partial charge in [0.25, 0.3) is 5.91 Å². The first kappa shape index (κ1) is 16.5. The van der Waals surface area contributed by atoms with Crippen molar-refractivity contribution in [2.45, 2.75) is 26.5 Å². The molecule has 1 aromatic rings. The van der Waals surface area contributed by atoms with Crippen LogP contribution in [0.3, 0.4) is 0 Å². The Morgan fingerprint density at radius 1 is 1.35 bits per heavy atom. The van der Waals surface area contributed by atoms with Crippen molar-refractivity contribution in [2.24, 2.45) is 0 Å². The van der Waals surface area contributed by atoms with Gasteiger partial charge in [-0.3, -0.25) is 9.59 Å². The van der Waals surface area contributed by atoms with Crippen LogP contribution < -0.4 is 0 Å². The summed E-state index contributed by atoms with van der Waals surface area (Å²) in [6.45, 7) is 3.64. The summed E-state index contributed by atoms with van der Waals surface area (Å²) in [7, 11) is 0. The van der Waals surface area contributed by atoms with Crippen molar-refractivity contribution in [2.75, 3.05) is 13.2 Å². The number of halogens is 1. The summed E-state index contributed by atoms with van der Waals surface area (Å²) >= 11 is 5.79. The molecule has 1 aromatic carbocycles. The highest BCUT2D eigenvalue weighted by Gasteiger charge is 2.22. The van der Waals surface area contributed by atoms with E-state index >= 15 is 0 Å². The SMILES string of the molecule is CCOC(C)C(=O)N(CC(=O)O)Cc1ccc(Cl)cc1. The zero-order chi connectivity index (χ0) is 15.1. The molecular weight excluding hydrogens is 282 g/mol. The molecule has 0 saturated heterocycles. The van der Waals surface area contributed by atoms with E-state index in [4.69, 9.17) is 21.4 Å². The van der Waals surface area contributed by atoms with Crippen molar-refractivity contribution < 1.29 is 19.4 Å². The third-order valence-corrected chi connectivity index (χ3v) is 2.94. The number of nitrogens with zero attached hydrogens (tertiary/aromatic N) is 1. The molecule has 1 rings (SSSR count). The monoisotopic (exact) mass is 299 g/mol. The van der Waals surface area contributed by atoms with E-state index in [1.54, 1.807) is 38.1 Å². The molecule has 0 aliphatic rings. The molecule has 110 valence electrons. The maximum Gasteiger partial charge on any atom is 0.323 e. The Kier molecular flexibility index (Phi) is 6.48. The van der Waals surface area contributed by atoms with Gasteiger partial charge in [0.2, 0.25) is 0 Å². The Bertz CT molecular complexity index is 461. The van der Waals surface area contributed by atoms with Crippen LogP contribution in [0.2, 0.25) is 5.02 Å². The van der Waals surface area contributed by atoms with E-state index in [2.05, 4.69) is 0 Å². The maximum absolute atomic E-state index is 12.2. The number of benzene rings is 1. The number of amides is 1. The third-order valence-electron chi connectivity index (χ3n) is 2.69. The number of rotatable bonds is 7. The molecule has 6 heteroatoms. The smallest absolute Gasteiger partial charge is 0.323 e. The summed E-state index contributed by atoms with van der Waals surface area (Å²) in [5.74, 6) is -1.40. The standard InChI is InChI=1S/C14H18ClNO4/c1-3-20-10(2)14(19)16(9-13(17)18)8-11-4-6-12(15)7-5-11/h4-7,10H,3,8-9H2,1-2H3,(H,17,18). The van der Waals surface area contributed by atoms with Gasteiger partial charge in [0.1, 0.15) is 12.6 Å². The Balaban J connectivity index is 2.80. The van der Waals surface area contributed by atoms with E-state index in [1.165, 1.54) is 4.90 Å². The van der Waals surface area contributed by atoms with Crippen LogP contribution in [-0.2, 0) is 20.9 Å². The molecule has 5 nitrogen and oxygen atoms in total. The molecule has 1 amide bonds. The van der Waals surface area contributed by atoms with Crippen LogP contribution in [0.4, 0.5) is 0 Å². The molecule has 0 aromatic heterocycles. The van der Waals surface area contributed by atoms with Crippen LogP contribution in [0, 0.1) is 0 Å². The summed E-state index contributed by atoms with van der Waals surface area (Å²) in [6.07, 6.45) is -0.661. The van der Waals surface area contributed by atoms with E-state index in [0.717, 1.165) is 5.56 Å². The fraction of sp³-hybridized carbons (Fsp3) is 0.429. The molecule has 1 unspecified atom stereocenters. The fourth-order valence-corrected chi connectivity index (χ4v) is 1.89. The summed E-state index contributed by atoms with van der Waals surface area (Å²) in [4.78, 5) is 24.3. The van der Waals surface area contributed by atoms with E-state index in [0.29, 0.717) is 11.6 Å². The van der Waals surface area contributed by atoms with Gasteiger partial charge in [0, 0.05) is 18.2 Å². The zero-order valence-electron chi connectivity index (χ0n) is 11.5. The number of ether oxygens (including phenoxy) is 1. The number of carboxylic acid groups (broad SMARTS) is 1. The minimum absolute atomic E-state index is 0.208. The predicted molar refractivity (Wildman–Crippen MR) is 75.6 cm³/mol. The molecule has 0 radical (unpaired) electrons. The van der Waals surface area contributed by atoms with Crippen LogP contribution in [0.5, 0.6) is 0 Å². The predicted octanol–water partition coefficient (Wildman–Crippen LogP) is 2.18. The maximum atomic E-state index is 12.2. The van der Waals surface area contributed by atoms with Crippen molar-refractivity contribution in [3.8, 4) is 0 Å². The molecule has 1 atom stereocenters. The van der Waals surface area contributed by atoms with E-state index in [1.807, 2.05) is 0 Å². The Hall–Kier alpha value is -1.59. The normalized spacial score (nSPS) is 11.9. The summed E-state index contributed by atoms with van der Waals surface area (Å²) in [6, 6.07) is 6.92. The lowest BCUT2D eigenvalue weighted by Gasteiger charge is -2.24. The van der Waals surface area contributed by atoms with Gasteiger partial charge in [-0.25, -0.2) is 0 Å². The third kappa shape index (κ3) is 5.19. The highest BCUT2D eigenvalue weighted by atomic mass is 35.5. The molecule has 0 saturated carbocycles. The quantitative estimate of drug-likeness (QED) is 0.838. The van der Waals surface area contributed by atoms with E-state index in [-0.39, 0.29) is 19.0 Å². The summed E-state index contributed by atoms with van der Waals surface area (Å²) in [5.41, 5.74) is 0.813. The second kappa shape index (κ2) is 7.87. The van der Waals surface area contributed by atoms with Gasteiger partial charge >= 0.3 is 5.97 Å². The minimum atomic E-state index is -1.06. The number of carboxylic acids is 1. The number of aliphatic carboxylic acids is 1. The Labute approximate surface area is 123 Å². The molecule has 0 spiro atoms. The highest BCUT2D eigenvalue weighted by Crippen LogP contribution is 2.12. The van der Waals surface area contributed by atoms with Gasteiger partial charge in [-0.2, -0.15) is 0 Å². The van der Waals surface area contributed by atoms with Crippen molar-refractivity contribution in [3.05, 3.63) is 34.9 Å². The molecule has 0 heterocycles. The average molecular weight is 300 g/mol. The molecular formula is C14H18ClNO4. The lowest BCUT2D eigenvalue weighted by Crippen LogP contribution is -2.41. The van der Waals surface area contributed by atoms with Crippen LogP contribution in [-0.4, -0.2) is 41.1 Å². The molecule has 20 heavy (non-hydrogen) atoms. The van der Waals surface area contributed by atoms with Gasteiger partial charge in [0.05, 0.1) is 0 Å². The Morgan fingerprint density at radius 3 is 2.45 bits per heavy atom. The molecule has 0 aliphatic heterocycles. The van der Waals surface area contributed by atoms with Crippen LogP contribution in [0.1, 0.15) is 19.4 Å². The first-order valence-electron chi connectivity index (χ1n) is 6.30. The largest absolute Gasteiger partial charge is 0.480 e. The van der Waals surface area contributed by atoms with Crippen molar-refractivity contribution >= 4 is 23.5 Å². The zero-order valence-corrected chi connectivity index (χ0v) is 12.3. The second-order valence-electron chi connectivity index (χ2n) is 4.31. The van der Waals surface area contributed by atoms with Crippen LogP contribution in [0.15, 0.2) is 24.3 Å². The minimum Gasteiger partial charge on any atom is -0.480 e. The first-order chi connectivity index (χ1) is 9.43. The second-order valence-corrected chi connectivity index (χ2v) is 4.75. The number of carbonyl (C=O) groups is 2. The topological polar surface area (TPSA) is 66.8 Å². The number of hydrogen-bond acceptors (Lipinski definition) is 3. The van der Waals surface area contributed by atoms with E-state index in [9.17, 15) is 9.59 Å². The van der Waals surface area contributed by atoms with Crippen LogP contribution in [0.25, 0.3) is 0 Å². The van der Waals surface area contributed by atoms with Gasteiger partial charge in [-0.15, -0.1) is 0 Å². The Morgan fingerprint density at radius 2 is 1.95 bits per heavy atom. The van der Waals surface area contributed by atoms with E-state index < -0.39 is 12.1 Å². The van der Waals surface area contributed by atoms with Gasteiger partial charge in [0.15, 0.2) is 0 Å². The van der Waals surface area contributed by atoms with Gasteiger partial charge in [-0.1, -0.05) is 23.7 Å². The van der Waals surface area contributed by atoms with Gasteiger partial charge in [-0.05, 0) is 31.5 Å². The van der Waals surface area contributed by atoms with Crippen LogP contribution >= 0.6 is 11.6 Å². The molecule has 0 aliphatic carbocycles. The lowest BCUT2D eigenvalue weighted by molar-refractivity contribution is -0.150. The number of hydrogen-bond donors (Lipinski definition) is 1. The number of carbonyl (C=O) groups excluding carboxylic acids is 1. The first-order valence-corrected chi connectivity index (χ1v) is 6.68. The molecule has 0 bridgehead atoms. The molecule has 1 N–H and O–H groups in total. The van der Waals surface area contributed by atoms with Crippen molar-refractivity contribution in [1.29, 1.82) is 0 Å². The van der Waals surface area contributed by atoms with Crippen molar-refractivity contribution in [3.63, 3.8) is 0 Å².